The number of amides is 1. The summed E-state index contributed by atoms with van der Waals surface area (Å²) in [5.41, 5.74) is 0. The fourth-order valence-electron chi connectivity index (χ4n) is 0.699. The summed E-state index contributed by atoms with van der Waals surface area (Å²) in [7, 11) is 0. The normalized spacial score (nSPS) is 9.18. The van der Waals surface area contributed by atoms with E-state index in [-0.39, 0.29) is 5.91 Å². The number of hydrogen-bond donors (Lipinski definition) is 1. The van der Waals surface area contributed by atoms with Crippen molar-refractivity contribution in [3.05, 3.63) is 0 Å². The first-order valence-electron chi connectivity index (χ1n) is 4.01. The van der Waals surface area contributed by atoms with Crippen molar-refractivity contribution < 1.29 is 9.59 Å². The fraction of sp³-hybridized carbons (Fsp3) is 0.750. The van der Waals surface area contributed by atoms with E-state index in [0.29, 0.717) is 19.3 Å². The van der Waals surface area contributed by atoms with Crippen molar-refractivity contribution >= 4 is 12.2 Å². The van der Waals surface area contributed by atoms with Crippen LogP contribution in [0.15, 0.2) is 0 Å². The van der Waals surface area contributed by atoms with Gasteiger partial charge < -0.3 is 10.1 Å². The van der Waals surface area contributed by atoms with Gasteiger partial charge in [0.25, 0.3) is 0 Å². The lowest BCUT2D eigenvalue weighted by molar-refractivity contribution is -0.121. The maximum atomic E-state index is 10.8. The van der Waals surface area contributed by atoms with E-state index in [0.717, 1.165) is 19.3 Å². The summed E-state index contributed by atoms with van der Waals surface area (Å²) in [5, 5.41) is 2.74. The predicted octanol–water partition coefficient (Wildman–Crippen LogP) is 0.882. The molecule has 1 N–H and O–H groups in total. The van der Waals surface area contributed by atoms with E-state index in [9.17, 15) is 9.59 Å². The third-order valence-electron chi connectivity index (χ3n) is 1.30. The van der Waals surface area contributed by atoms with Crippen LogP contribution in [0.1, 0.15) is 32.6 Å². The van der Waals surface area contributed by atoms with Gasteiger partial charge in [-0.2, -0.15) is 0 Å². The molecule has 0 aromatic rings. The smallest absolute Gasteiger partial charge is 0.220 e. The molecule has 3 nitrogen and oxygen atoms in total. The minimum absolute atomic E-state index is 0.0497. The minimum atomic E-state index is 0.0497. The maximum absolute atomic E-state index is 10.8. The molecule has 0 fully saturated rings. The number of aldehydes is 1. The molecule has 0 radical (unpaired) electrons. The first-order chi connectivity index (χ1) is 5.31. The van der Waals surface area contributed by atoms with E-state index >= 15 is 0 Å². The second-order valence-electron chi connectivity index (χ2n) is 2.41. The molecule has 3 heteroatoms. The molecule has 0 aliphatic carbocycles. The van der Waals surface area contributed by atoms with Gasteiger partial charge in [0, 0.05) is 19.4 Å². The van der Waals surface area contributed by atoms with Crippen molar-refractivity contribution in [1.82, 2.24) is 5.32 Å². The molecule has 0 saturated carbocycles. The van der Waals surface area contributed by atoms with Gasteiger partial charge in [-0.1, -0.05) is 6.92 Å². The lowest BCUT2D eigenvalue weighted by Gasteiger charge is -2.00. The number of unbranched alkanes of at least 4 members (excludes halogenated alkanes) is 1. The number of rotatable bonds is 6. The van der Waals surface area contributed by atoms with Crippen LogP contribution in [0.4, 0.5) is 0 Å². The Kier molecular flexibility index (Phi) is 6.68. The molecule has 0 aliphatic heterocycles. The summed E-state index contributed by atoms with van der Waals surface area (Å²) >= 11 is 0. The zero-order chi connectivity index (χ0) is 8.53. The van der Waals surface area contributed by atoms with Crippen LogP contribution in [-0.4, -0.2) is 18.7 Å². The number of carbonyl (C=O) groups excluding carboxylic acids is 2. The molecule has 0 atom stereocenters. The molecule has 0 spiro atoms. The van der Waals surface area contributed by atoms with Gasteiger partial charge in [-0.15, -0.1) is 0 Å². The fourth-order valence-corrected chi connectivity index (χ4v) is 0.699. The quantitative estimate of drug-likeness (QED) is 0.459. The zero-order valence-electron chi connectivity index (χ0n) is 6.93. The monoisotopic (exact) mass is 157 g/mol. The van der Waals surface area contributed by atoms with Crippen LogP contribution in [-0.2, 0) is 9.59 Å². The highest BCUT2D eigenvalue weighted by molar-refractivity contribution is 5.76. The van der Waals surface area contributed by atoms with Crippen molar-refractivity contribution in [2.45, 2.75) is 32.6 Å². The first-order valence-corrected chi connectivity index (χ1v) is 4.01. The number of carbonyl (C=O) groups is 2. The summed E-state index contributed by atoms with van der Waals surface area (Å²) in [6.45, 7) is 2.74. The summed E-state index contributed by atoms with van der Waals surface area (Å²) in [6, 6.07) is 0. The van der Waals surface area contributed by atoms with Crippen LogP contribution < -0.4 is 5.32 Å². The molecular formula is C8H15NO2. The lowest BCUT2D eigenvalue weighted by atomic mass is 10.2. The Bertz CT molecular complexity index is 123. The first kappa shape index (κ1) is 10.1. The highest BCUT2D eigenvalue weighted by Gasteiger charge is 1.97. The molecule has 0 saturated heterocycles. The van der Waals surface area contributed by atoms with Crippen molar-refractivity contribution in [3.8, 4) is 0 Å². The summed E-state index contributed by atoms with van der Waals surface area (Å²) < 4.78 is 0. The summed E-state index contributed by atoms with van der Waals surface area (Å²) in [4.78, 5) is 20.7. The summed E-state index contributed by atoms with van der Waals surface area (Å²) in [5.74, 6) is 0.0497. The molecule has 0 aromatic heterocycles. The van der Waals surface area contributed by atoms with Gasteiger partial charge in [-0.25, -0.2) is 0 Å². The highest BCUT2D eigenvalue weighted by atomic mass is 16.1. The van der Waals surface area contributed by atoms with Crippen molar-refractivity contribution in [2.75, 3.05) is 6.54 Å². The van der Waals surface area contributed by atoms with Crippen LogP contribution in [0.2, 0.25) is 0 Å². The third-order valence-corrected chi connectivity index (χ3v) is 1.30. The molecule has 0 heterocycles. The van der Waals surface area contributed by atoms with Crippen molar-refractivity contribution in [3.63, 3.8) is 0 Å². The standard InChI is InChI=1S/C8H15NO2/c1-2-6-9-8(11)5-3-4-7-10/h7H,2-6H2,1H3,(H,9,11). The Morgan fingerprint density at radius 3 is 2.82 bits per heavy atom. The van der Waals surface area contributed by atoms with Crippen LogP contribution in [0.3, 0.4) is 0 Å². The van der Waals surface area contributed by atoms with Crippen molar-refractivity contribution in [1.29, 1.82) is 0 Å². The van der Waals surface area contributed by atoms with Crippen LogP contribution in [0, 0.1) is 0 Å². The zero-order valence-corrected chi connectivity index (χ0v) is 6.93. The third kappa shape index (κ3) is 7.03. The molecule has 0 aromatic carbocycles. The van der Waals surface area contributed by atoms with E-state index in [4.69, 9.17) is 0 Å². The second kappa shape index (κ2) is 7.25. The van der Waals surface area contributed by atoms with Crippen LogP contribution in [0.5, 0.6) is 0 Å². The number of nitrogens with one attached hydrogen (secondary N) is 1. The van der Waals surface area contributed by atoms with Gasteiger partial charge in [0.2, 0.25) is 5.91 Å². The van der Waals surface area contributed by atoms with Crippen LogP contribution >= 0.6 is 0 Å². The van der Waals surface area contributed by atoms with E-state index in [1.165, 1.54) is 0 Å². The van der Waals surface area contributed by atoms with E-state index in [1.54, 1.807) is 0 Å². The maximum Gasteiger partial charge on any atom is 0.220 e. The SMILES string of the molecule is CCCNC(=O)CCCC=O. The van der Waals surface area contributed by atoms with Gasteiger partial charge >= 0.3 is 0 Å². The van der Waals surface area contributed by atoms with Crippen LogP contribution in [0.25, 0.3) is 0 Å². The number of hydrogen-bond acceptors (Lipinski definition) is 2. The molecule has 0 bridgehead atoms. The Hall–Kier alpha value is -0.860. The molecule has 64 valence electrons. The highest BCUT2D eigenvalue weighted by Crippen LogP contribution is 1.91. The molecule has 0 rings (SSSR count). The molecule has 0 aliphatic rings. The topological polar surface area (TPSA) is 46.2 Å². The Morgan fingerprint density at radius 2 is 2.27 bits per heavy atom. The largest absolute Gasteiger partial charge is 0.356 e. The predicted molar refractivity (Wildman–Crippen MR) is 43.2 cm³/mol. The molecular weight excluding hydrogens is 142 g/mol. The lowest BCUT2D eigenvalue weighted by Crippen LogP contribution is -2.23. The average molecular weight is 157 g/mol. The minimum Gasteiger partial charge on any atom is -0.356 e. The van der Waals surface area contributed by atoms with Gasteiger partial charge in [-0.3, -0.25) is 4.79 Å². The van der Waals surface area contributed by atoms with Crippen molar-refractivity contribution in [2.24, 2.45) is 0 Å². The van der Waals surface area contributed by atoms with Gasteiger partial charge in [0.1, 0.15) is 6.29 Å². The second-order valence-corrected chi connectivity index (χ2v) is 2.41. The van der Waals surface area contributed by atoms with E-state index < -0.39 is 0 Å². The Balaban J connectivity index is 3.15. The molecule has 1 amide bonds. The van der Waals surface area contributed by atoms with E-state index in [1.807, 2.05) is 6.92 Å². The van der Waals surface area contributed by atoms with Gasteiger partial charge in [0.05, 0.1) is 0 Å². The average Bonchev–Trinajstić information content (AvgIpc) is 2.01. The Morgan fingerprint density at radius 1 is 1.55 bits per heavy atom. The van der Waals surface area contributed by atoms with E-state index in [2.05, 4.69) is 5.32 Å². The molecule has 0 unspecified atom stereocenters. The van der Waals surface area contributed by atoms with Gasteiger partial charge in [-0.05, 0) is 12.8 Å². The van der Waals surface area contributed by atoms with Gasteiger partial charge in [0.15, 0.2) is 0 Å². The summed E-state index contributed by atoms with van der Waals surface area (Å²) in [6.07, 6.45) is 3.42. The molecule has 11 heavy (non-hydrogen) atoms. The Labute approximate surface area is 67.2 Å².